The first-order valence-corrected chi connectivity index (χ1v) is 9.61. The van der Waals surface area contributed by atoms with Gasteiger partial charge in [-0.3, -0.25) is 9.69 Å². The Morgan fingerprint density at radius 3 is 2.59 bits per heavy atom. The molecule has 0 spiro atoms. The molecule has 2 aliphatic heterocycles. The lowest BCUT2D eigenvalue weighted by molar-refractivity contribution is -0.146. The quantitative estimate of drug-likeness (QED) is 0.779. The summed E-state index contributed by atoms with van der Waals surface area (Å²) in [5, 5.41) is 0. The maximum Gasteiger partial charge on any atom is 0.313 e. The van der Waals surface area contributed by atoms with Gasteiger partial charge in [0.05, 0.1) is 19.1 Å². The molecule has 0 aliphatic carbocycles. The predicted octanol–water partition coefficient (Wildman–Crippen LogP) is 2.97. The summed E-state index contributed by atoms with van der Waals surface area (Å²) in [5.74, 6) is -0.419. The van der Waals surface area contributed by atoms with Gasteiger partial charge in [0.2, 0.25) is 0 Å². The van der Waals surface area contributed by atoms with Crippen LogP contribution in [-0.2, 0) is 20.7 Å². The maximum atomic E-state index is 13.0. The third-order valence-electron chi connectivity index (χ3n) is 5.49. The minimum atomic E-state index is -0.281. The fourth-order valence-corrected chi connectivity index (χ4v) is 3.97. The van der Waals surface area contributed by atoms with Crippen LogP contribution < -0.4 is 4.90 Å². The van der Waals surface area contributed by atoms with Crippen molar-refractivity contribution in [2.24, 2.45) is 0 Å². The second kappa shape index (κ2) is 8.11. The van der Waals surface area contributed by atoms with Gasteiger partial charge >= 0.3 is 5.97 Å². The van der Waals surface area contributed by atoms with Gasteiger partial charge in [-0.15, -0.1) is 0 Å². The number of rotatable bonds is 4. The van der Waals surface area contributed by atoms with Crippen molar-refractivity contribution in [3.05, 3.63) is 59.7 Å². The minimum absolute atomic E-state index is 0.138. The van der Waals surface area contributed by atoms with Gasteiger partial charge in [0.25, 0.3) is 0 Å². The SMILES string of the molecule is CN1c2ccccc2C[C@@H](C(=O)OCCN2CCOCC2)c2ccccc21. The zero-order valence-corrected chi connectivity index (χ0v) is 15.8. The van der Waals surface area contributed by atoms with E-state index in [0.717, 1.165) is 49.8 Å². The lowest BCUT2D eigenvalue weighted by atomic mass is 9.92. The summed E-state index contributed by atoms with van der Waals surface area (Å²) < 4.78 is 11.1. The Morgan fingerprint density at radius 2 is 1.78 bits per heavy atom. The van der Waals surface area contributed by atoms with E-state index in [1.807, 2.05) is 30.3 Å². The minimum Gasteiger partial charge on any atom is -0.464 e. The molecule has 0 aromatic heterocycles. The number of carbonyl (C=O) groups excluding carboxylic acids is 1. The summed E-state index contributed by atoms with van der Waals surface area (Å²) in [6.07, 6.45) is 0.661. The number of esters is 1. The molecule has 0 amide bonds. The smallest absolute Gasteiger partial charge is 0.313 e. The van der Waals surface area contributed by atoms with Crippen molar-refractivity contribution in [2.75, 3.05) is 51.4 Å². The fraction of sp³-hybridized carbons (Fsp3) is 0.409. The number of nitrogens with zero attached hydrogens (tertiary/aromatic N) is 2. The number of carbonyl (C=O) groups is 1. The van der Waals surface area contributed by atoms with E-state index in [9.17, 15) is 4.79 Å². The molecule has 1 saturated heterocycles. The molecule has 1 atom stereocenters. The van der Waals surface area contributed by atoms with E-state index in [1.165, 1.54) is 5.56 Å². The zero-order valence-electron chi connectivity index (χ0n) is 15.8. The molecule has 0 N–H and O–H groups in total. The molecule has 0 bridgehead atoms. The van der Waals surface area contributed by atoms with Gasteiger partial charge in [-0.25, -0.2) is 0 Å². The Morgan fingerprint density at radius 1 is 1.07 bits per heavy atom. The largest absolute Gasteiger partial charge is 0.464 e. The van der Waals surface area contributed by atoms with Gasteiger partial charge in [-0.05, 0) is 29.7 Å². The van der Waals surface area contributed by atoms with Crippen LogP contribution in [0, 0.1) is 0 Å². The summed E-state index contributed by atoms with van der Waals surface area (Å²) in [4.78, 5) is 17.4. The molecule has 0 unspecified atom stereocenters. The number of para-hydroxylation sites is 2. The average Bonchev–Trinajstić information content (AvgIpc) is 2.84. The predicted molar refractivity (Wildman–Crippen MR) is 106 cm³/mol. The standard InChI is InChI=1S/C22H26N2O3/c1-23-20-8-4-2-6-17(20)16-19(18-7-3-5-9-21(18)23)22(25)27-15-12-24-10-13-26-14-11-24/h2-9,19H,10-16H2,1H3/t19-/m1/s1. The van der Waals surface area contributed by atoms with Crippen LogP contribution in [0.2, 0.25) is 0 Å². The molecule has 4 rings (SSSR count). The average molecular weight is 366 g/mol. The lowest BCUT2D eigenvalue weighted by Gasteiger charge is -2.26. The molecule has 2 aromatic rings. The highest BCUT2D eigenvalue weighted by Crippen LogP contribution is 2.40. The topological polar surface area (TPSA) is 42.0 Å². The molecule has 0 saturated carbocycles. The van der Waals surface area contributed by atoms with Crippen LogP contribution >= 0.6 is 0 Å². The first kappa shape index (κ1) is 18.0. The van der Waals surface area contributed by atoms with Crippen molar-refractivity contribution in [3.63, 3.8) is 0 Å². The van der Waals surface area contributed by atoms with Gasteiger partial charge in [-0.2, -0.15) is 0 Å². The number of anilines is 2. The first-order valence-electron chi connectivity index (χ1n) is 9.61. The summed E-state index contributed by atoms with van der Waals surface area (Å²) in [7, 11) is 2.06. The van der Waals surface area contributed by atoms with Gasteiger partial charge in [0, 0.05) is 38.1 Å². The Bertz CT molecular complexity index is 802. The highest BCUT2D eigenvalue weighted by Gasteiger charge is 2.30. The molecule has 2 heterocycles. The van der Waals surface area contributed by atoms with Crippen LogP contribution in [0.3, 0.4) is 0 Å². The van der Waals surface area contributed by atoms with Crippen molar-refractivity contribution in [2.45, 2.75) is 12.3 Å². The van der Waals surface area contributed by atoms with Crippen LogP contribution in [0.1, 0.15) is 17.0 Å². The highest BCUT2D eigenvalue weighted by atomic mass is 16.5. The molecule has 2 aliphatic rings. The van der Waals surface area contributed by atoms with E-state index in [-0.39, 0.29) is 11.9 Å². The van der Waals surface area contributed by atoms with Crippen molar-refractivity contribution in [1.29, 1.82) is 0 Å². The van der Waals surface area contributed by atoms with Crippen LogP contribution in [0.15, 0.2) is 48.5 Å². The maximum absolute atomic E-state index is 13.0. The van der Waals surface area contributed by atoms with E-state index in [1.54, 1.807) is 0 Å². The number of morpholine rings is 1. The summed E-state index contributed by atoms with van der Waals surface area (Å²) in [6, 6.07) is 16.4. The zero-order chi connectivity index (χ0) is 18.6. The first-order chi connectivity index (χ1) is 13.2. The van der Waals surface area contributed by atoms with E-state index in [2.05, 4.69) is 35.0 Å². The number of fused-ring (bicyclic) bond motifs is 2. The summed E-state index contributed by atoms with van der Waals surface area (Å²) in [6.45, 7) is 4.51. The summed E-state index contributed by atoms with van der Waals surface area (Å²) in [5.41, 5.74) is 4.42. The van der Waals surface area contributed by atoms with Crippen molar-refractivity contribution < 1.29 is 14.3 Å². The molecular weight excluding hydrogens is 340 g/mol. The van der Waals surface area contributed by atoms with E-state index in [0.29, 0.717) is 13.0 Å². The van der Waals surface area contributed by atoms with E-state index in [4.69, 9.17) is 9.47 Å². The van der Waals surface area contributed by atoms with Crippen molar-refractivity contribution in [1.82, 2.24) is 4.90 Å². The Kier molecular flexibility index (Phi) is 5.41. The number of ether oxygens (including phenoxy) is 2. The summed E-state index contributed by atoms with van der Waals surface area (Å²) >= 11 is 0. The van der Waals surface area contributed by atoms with Crippen molar-refractivity contribution in [3.8, 4) is 0 Å². The van der Waals surface area contributed by atoms with Crippen LogP contribution in [0.25, 0.3) is 0 Å². The van der Waals surface area contributed by atoms with E-state index >= 15 is 0 Å². The lowest BCUT2D eigenvalue weighted by Crippen LogP contribution is -2.38. The number of hydrogen-bond donors (Lipinski definition) is 0. The highest BCUT2D eigenvalue weighted by molar-refractivity contribution is 5.84. The molecular formula is C22H26N2O3. The third-order valence-corrected chi connectivity index (χ3v) is 5.49. The second-order valence-corrected chi connectivity index (χ2v) is 7.12. The Labute approximate surface area is 160 Å². The van der Waals surface area contributed by atoms with Crippen LogP contribution in [-0.4, -0.2) is 57.4 Å². The molecule has 2 aromatic carbocycles. The second-order valence-electron chi connectivity index (χ2n) is 7.12. The van der Waals surface area contributed by atoms with Gasteiger partial charge in [0.15, 0.2) is 0 Å². The van der Waals surface area contributed by atoms with Crippen molar-refractivity contribution >= 4 is 17.3 Å². The molecule has 0 radical (unpaired) electrons. The molecule has 27 heavy (non-hydrogen) atoms. The van der Waals surface area contributed by atoms with Gasteiger partial charge in [-0.1, -0.05) is 36.4 Å². The Hall–Kier alpha value is -2.37. The van der Waals surface area contributed by atoms with Crippen LogP contribution in [0.4, 0.5) is 11.4 Å². The number of benzene rings is 2. The molecule has 142 valence electrons. The molecule has 1 fully saturated rings. The molecule has 5 nitrogen and oxygen atoms in total. The molecule has 5 heteroatoms. The van der Waals surface area contributed by atoms with Gasteiger partial charge < -0.3 is 14.4 Å². The van der Waals surface area contributed by atoms with E-state index < -0.39 is 0 Å². The fourth-order valence-electron chi connectivity index (χ4n) is 3.97. The number of hydrogen-bond acceptors (Lipinski definition) is 5. The normalized spacial score (nSPS) is 19.7. The monoisotopic (exact) mass is 366 g/mol. The van der Waals surface area contributed by atoms with Gasteiger partial charge in [0.1, 0.15) is 6.61 Å². The third kappa shape index (κ3) is 3.84. The Balaban J connectivity index is 1.52. The van der Waals surface area contributed by atoms with Crippen LogP contribution in [0.5, 0.6) is 0 Å².